The minimum absolute atomic E-state index is 0.0351. The van der Waals surface area contributed by atoms with Crippen molar-refractivity contribution in [2.24, 2.45) is 5.92 Å². The number of hydrogen-bond acceptors (Lipinski definition) is 3. The molecule has 0 aromatic heterocycles. The van der Waals surface area contributed by atoms with Gasteiger partial charge in [-0.1, -0.05) is 96.2 Å². The van der Waals surface area contributed by atoms with Gasteiger partial charge in [0.25, 0.3) is 16.6 Å². The van der Waals surface area contributed by atoms with Crippen molar-refractivity contribution in [3.05, 3.63) is 24.7 Å². The fourth-order valence-electron chi connectivity index (χ4n) is 6.25. The van der Waals surface area contributed by atoms with Crippen molar-refractivity contribution in [2.45, 2.75) is 142 Å². The summed E-state index contributed by atoms with van der Waals surface area (Å²) in [4.78, 5) is 0. The first kappa shape index (κ1) is 32.0. The molecule has 0 rings (SSSR count). The Balaban J connectivity index is 5.06. The van der Waals surface area contributed by atoms with Gasteiger partial charge in [0, 0.05) is 18.8 Å². The average molecular weight is 494 g/mol. The molecule has 0 aromatic carbocycles. The summed E-state index contributed by atoms with van der Waals surface area (Å²) in [5, 5.41) is 9.77. The summed E-state index contributed by atoms with van der Waals surface area (Å²) in [6, 6.07) is 2.50. The van der Waals surface area contributed by atoms with E-state index < -0.39 is 16.6 Å². The smallest absolute Gasteiger partial charge is 0.258 e. The zero-order chi connectivity index (χ0) is 26.1. The number of allylic oxidation sites excluding steroid dienone is 2. The van der Waals surface area contributed by atoms with E-state index in [1.165, 1.54) is 0 Å². The van der Waals surface area contributed by atoms with Gasteiger partial charge in [-0.25, -0.2) is 0 Å². The molecule has 192 valence electrons. The molecular weight excluding hydrogens is 438 g/mol. The summed E-state index contributed by atoms with van der Waals surface area (Å²) in [6.45, 7) is 36.0. The van der Waals surface area contributed by atoms with Crippen LogP contribution in [0.15, 0.2) is 24.7 Å². The maximum Gasteiger partial charge on any atom is 0.258 e. The van der Waals surface area contributed by atoms with Gasteiger partial charge in [0.05, 0.1) is 17.6 Å². The van der Waals surface area contributed by atoms with Crippen LogP contribution in [0.3, 0.4) is 0 Å². The third kappa shape index (κ3) is 8.03. The number of nitriles is 1. The summed E-state index contributed by atoms with van der Waals surface area (Å²) < 4.78 is 13.4. The Bertz CT molecular complexity index is 566. The molecule has 0 aliphatic heterocycles. The fraction of sp³-hybridized carbons (Fsp3) is 0.821. The Kier molecular flexibility index (Phi) is 13.4. The van der Waals surface area contributed by atoms with Crippen molar-refractivity contribution >= 4 is 16.6 Å². The molecule has 0 unspecified atom stereocenters. The molecule has 0 spiro atoms. The lowest BCUT2D eigenvalue weighted by atomic mass is 9.98. The first-order chi connectivity index (χ1) is 15.1. The highest BCUT2D eigenvalue weighted by Crippen LogP contribution is 2.45. The van der Waals surface area contributed by atoms with E-state index in [1.54, 1.807) is 0 Å². The molecule has 0 fully saturated rings. The number of hydrogen-bond donors (Lipinski definition) is 0. The van der Waals surface area contributed by atoms with Crippen LogP contribution in [-0.4, -0.2) is 16.6 Å². The standard InChI is InChI=1S/C28H55NO2Si2/c1-20(2)32(21(3)4,22(5)6)30-26(13)15-17-28(19-29)18-16-27(14)31-33(23(7)8,24(9)10)25(11)12/h20-25,28H,13-18H2,1-12H3. The van der Waals surface area contributed by atoms with E-state index in [4.69, 9.17) is 8.85 Å². The molecule has 0 aliphatic carbocycles. The zero-order valence-corrected chi connectivity index (χ0v) is 26.0. The average Bonchev–Trinajstić information content (AvgIpc) is 2.68. The van der Waals surface area contributed by atoms with Gasteiger partial charge in [-0.3, -0.25) is 0 Å². The van der Waals surface area contributed by atoms with Crippen LogP contribution < -0.4 is 0 Å². The van der Waals surface area contributed by atoms with Gasteiger partial charge in [-0.05, 0) is 46.1 Å². The Morgan fingerprint density at radius 1 is 0.606 bits per heavy atom. The Labute approximate surface area is 209 Å². The van der Waals surface area contributed by atoms with E-state index in [1.807, 2.05) is 0 Å². The van der Waals surface area contributed by atoms with E-state index in [9.17, 15) is 5.26 Å². The molecular formula is C28H55NO2Si2. The third-order valence-electron chi connectivity index (χ3n) is 7.78. The van der Waals surface area contributed by atoms with Gasteiger partial charge in [0.1, 0.15) is 0 Å². The normalized spacial score (nSPS) is 13.0. The molecule has 3 nitrogen and oxygen atoms in total. The summed E-state index contributed by atoms with van der Waals surface area (Å²) >= 11 is 0. The Morgan fingerprint density at radius 3 is 1.03 bits per heavy atom. The predicted octanol–water partition coefficient (Wildman–Crippen LogP) is 10.1. The van der Waals surface area contributed by atoms with Gasteiger partial charge in [0.2, 0.25) is 0 Å². The monoisotopic (exact) mass is 493 g/mol. The lowest BCUT2D eigenvalue weighted by molar-refractivity contribution is 0.333. The highest BCUT2D eigenvalue weighted by molar-refractivity contribution is 6.78. The van der Waals surface area contributed by atoms with E-state index in [0.29, 0.717) is 33.2 Å². The van der Waals surface area contributed by atoms with Crippen molar-refractivity contribution < 1.29 is 8.85 Å². The topological polar surface area (TPSA) is 42.2 Å². The molecule has 0 atom stereocenters. The van der Waals surface area contributed by atoms with E-state index in [0.717, 1.165) is 37.2 Å². The van der Waals surface area contributed by atoms with E-state index >= 15 is 0 Å². The van der Waals surface area contributed by atoms with Crippen molar-refractivity contribution in [3.8, 4) is 6.07 Å². The van der Waals surface area contributed by atoms with Gasteiger partial charge >= 0.3 is 0 Å². The fourth-order valence-corrected chi connectivity index (χ4v) is 16.9. The first-order valence-electron chi connectivity index (χ1n) is 13.2. The van der Waals surface area contributed by atoms with E-state index in [2.05, 4.69) is 102 Å². The largest absolute Gasteiger partial charge is 0.546 e. The van der Waals surface area contributed by atoms with Gasteiger partial charge in [0.15, 0.2) is 0 Å². The van der Waals surface area contributed by atoms with E-state index in [-0.39, 0.29) is 5.92 Å². The highest BCUT2D eigenvalue weighted by Gasteiger charge is 2.48. The Hall–Kier alpha value is -0.996. The van der Waals surface area contributed by atoms with Crippen LogP contribution in [0.1, 0.15) is 109 Å². The minimum atomic E-state index is -1.98. The second-order valence-corrected chi connectivity index (χ2v) is 22.6. The first-order valence-corrected chi connectivity index (χ1v) is 17.5. The molecule has 5 heteroatoms. The maximum absolute atomic E-state index is 9.77. The molecule has 0 saturated carbocycles. The van der Waals surface area contributed by atoms with Gasteiger partial charge in [-0.2, -0.15) is 5.26 Å². The third-order valence-corrected chi connectivity index (χ3v) is 19.9. The van der Waals surface area contributed by atoms with Crippen LogP contribution in [0.5, 0.6) is 0 Å². The quantitative estimate of drug-likeness (QED) is 0.159. The van der Waals surface area contributed by atoms with Crippen molar-refractivity contribution in [1.29, 1.82) is 5.26 Å². The summed E-state index contributed by atoms with van der Waals surface area (Å²) in [5.41, 5.74) is 3.13. The molecule has 0 heterocycles. The second-order valence-electron chi connectivity index (χ2n) is 11.8. The van der Waals surface area contributed by atoms with Crippen LogP contribution in [-0.2, 0) is 8.85 Å². The molecule has 0 aliphatic rings. The maximum atomic E-state index is 9.77. The lowest BCUT2D eigenvalue weighted by Crippen LogP contribution is -2.47. The van der Waals surface area contributed by atoms with Crippen LogP contribution >= 0.6 is 0 Å². The Morgan fingerprint density at radius 2 is 0.848 bits per heavy atom. The number of nitrogens with zero attached hydrogens (tertiary/aromatic N) is 1. The summed E-state index contributed by atoms with van der Waals surface area (Å²) in [5.74, 6) is 1.69. The molecule has 0 bridgehead atoms. The second kappa shape index (κ2) is 13.8. The molecule has 33 heavy (non-hydrogen) atoms. The molecule has 0 amide bonds. The van der Waals surface area contributed by atoms with Crippen molar-refractivity contribution in [3.63, 3.8) is 0 Å². The summed E-state index contributed by atoms with van der Waals surface area (Å²) in [7, 11) is -3.96. The van der Waals surface area contributed by atoms with Gasteiger partial charge < -0.3 is 8.85 Å². The SMILES string of the molecule is C=C(CCC(C#N)CCC(=C)O[Si](C(C)C)(C(C)C)C(C)C)O[Si](C(C)C)(C(C)C)C(C)C. The van der Waals surface area contributed by atoms with Crippen LogP contribution in [0.25, 0.3) is 0 Å². The van der Waals surface area contributed by atoms with Gasteiger partial charge in [-0.15, -0.1) is 0 Å². The molecule has 0 N–H and O–H groups in total. The van der Waals surface area contributed by atoms with Crippen molar-refractivity contribution in [2.75, 3.05) is 0 Å². The molecule has 0 radical (unpaired) electrons. The van der Waals surface area contributed by atoms with Crippen molar-refractivity contribution in [1.82, 2.24) is 0 Å². The molecule has 0 aromatic rings. The van der Waals surface area contributed by atoms with Crippen LogP contribution in [0.4, 0.5) is 0 Å². The summed E-state index contributed by atoms with van der Waals surface area (Å²) in [6.07, 6.45) is 3.05. The van der Waals surface area contributed by atoms with Crippen LogP contribution in [0, 0.1) is 17.2 Å². The minimum Gasteiger partial charge on any atom is -0.546 e. The van der Waals surface area contributed by atoms with Crippen LogP contribution in [0.2, 0.25) is 33.2 Å². The lowest BCUT2D eigenvalue weighted by Gasteiger charge is -2.43. The predicted molar refractivity (Wildman–Crippen MR) is 150 cm³/mol. The zero-order valence-electron chi connectivity index (χ0n) is 24.0. The highest BCUT2D eigenvalue weighted by atomic mass is 28.4. The number of rotatable bonds is 16. The molecule has 0 saturated heterocycles.